The average molecular weight is 367 g/mol. The third kappa shape index (κ3) is 6.57. The van der Waals surface area contributed by atoms with Gasteiger partial charge in [-0.15, -0.1) is 0 Å². The first kappa shape index (κ1) is 22.4. The third-order valence-corrected chi connectivity index (χ3v) is 4.09. The van der Waals surface area contributed by atoms with Gasteiger partial charge in [0.1, 0.15) is 12.2 Å². The van der Waals surface area contributed by atoms with E-state index < -0.39 is 5.60 Å². The summed E-state index contributed by atoms with van der Waals surface area (Å²) in [4.78, 5) is 17.3. The van der Waals surface area contributed by atoms with Crippen LogP contribution in [0.15, 0.2) is 12.3 Å². The Bertz CT molecular complexity index is 563. The van der Waals surface area contributed by atoms with Crippen LogP contribution in [0.5, 0.6) is 5.88 Å². The molecule has 0 aromatic carbocycles. The number of hydrogen-bond acceptors (Lipinski definition) is 5. The zero-order valence-electron chi connectivity index (χ0n) is 17.2. The second-order valence-electron chi connectivity index (χ2n) is 7.54. The molecule has 0 aliphatic rings. The van der Waals surface area contributed by atoms with Crippen molar-refractivity contribution in [2.24, 2.45) is 11.8 Å². The highest BCUT2D eigenvalue weighted by atomic mass is 16.5. The normalized spacial score (nSPS) is 11.9. The number of anilines is 1. The summed E-state index contributed by atoms with van der Waals surface area (Å²) in [6.45, 7) is 11.2. The molecule has 1 rings (SSSR count). The van der Waals surface area contributed by atoms with E-state index in [1.165, 1.54) is 0 Å². The molecule has 6 heteroatoms. The van der Waals surface area contributed by atoms with Crippen LogP contribution in [0.4, 0.5) is 5.69 Å². The van der Waals surface area contributed by atoms with Crippen LogP contribution in [-0.2, 0) is 14.3 Å². The zero-order chi connectivity index (χ0) is 19.7. The van der Waals surface area contributed by atoms with Crippen molar-refractivity contribution in [1.29, 1.82) is 0 Å². The van der Waals surface area contributed by atoms with E-state index in [1.54, 1.807) is 20.4 Å². The molecular weight excluding hydrogens is 332 g/mol. The van der Waals surface area contributed by atoms with Gasteiger partial charge < -0.3 is 19.5 Å². The number of amides is 1. The fourth-order valence-electron chi connectivity index (χ4n) is 3.10. The number of hydrogen-bond donors (Lipinski definition) is 1. The van der Waals surface area contributed by atoms with E-state index in [0.29, 0.717) is 49.5 Å². The molecule has 1 aromatic rings. The summed E-state index contributed by atoms with van der Waals surface area (Å²) in [5, 5.41) is 2.97. The van der Waals surface area contributed by atoms with Gasteiger partial charge >= 0.3 is 0 Å². The van der Waals surface area contributed by atoms with Gasteiger partial charge in [0.05, 0.1) is 18.5 Å². The molecule has 26 heavy (non-hydrogen) atoms. The standard InChI is InChI=1S/C20H34N2O4/c1-14(2)11-20(25-7,12-15(3)4)19(23)22-17-10-16(5)18(21-13-17)26-9-8-24-6/h10,13-15H,8-9,11-12H2,1-7H3,(H,22,23). The molecule has 0 saturated heterocycles. The molecule has 6 nitrogen and oxygen atoms in total. The Morgan fingerprint density at radius 2 is 1.77 bits per heavy atom. The van der Waals surface area contributed by atoms with E-state index >= 15 is 0 Å². The summed E-state index contributed by atoms with van der Waals surface area (Å²) in [5.74, 6) is 1.10. The summed E-state index contributed by atoms with van der Waals surface area (Å²) in [7, 11) is 3.24. The Balaban J connectivity index is 2.92. The molecule has 0 atom stereocenters. The van der Waals surface area contributed by atoms with E-state index in [4.69, 9.17) is 14.2 Å². The van der Waals surface area contributed by atoms with Gasteiger partial charge in [-0.3, -0.25) is 4.79 Å². The van der Waals surface area contributed by atoms with E-state index in [2.05, 4.69) is 38.0 Å². The number of pyridine rings is 1. The SMILES string of the molecule is COCCOc1ncc(NC(=O)C(CC(C)C)(CC(C)C)OC)cc1C. The van der Waals surface area contributed by atoms with Crippen molar-refractivity contribution in [3.8, 4) is 5.88 Å². The first-order valence-electron chi connectivity index (χ1n) is 9.19. The van der Waals surface area contributed by atoms with Gasteiger partial charge in [-0.1, -0.05) is 27.7 Å². The second-order valence-corrected chi connectivity index (χ2v) is 7.54. The van der Waals surface area contributed by atoms with Crippen molar-refractivity contribution >= 4 is 11.6 Å². The van der Waals surface area contributed by atoms with Crippen LogP contribution >= 0.6 is 0 Å². The number of carbonyl (C=O) groups is 1. The Kier molecular flexibility index (Phi) is 9.02. The second kappa shape index (κ2) is 10.5. The molecule has 1 heterocycles. The molecule has 0 aliphatic carbocycles. The topological polar surface area (TPSA) is 69.7 Å². The van der Waals surface area contributed by atoms with Crippen LogP contribution in [0.3, 0.4) is 0 Å². The Morgan fingerprint density at radius 3 is 2.23 bits per heavy atom. The lowest BCUT2D eigenvalue weighted by atomic mass is 9.84. The molecule has 1 amide bonds. The third-order valence-electron chi connectivity index (χ3n) is 4.09. The number of nitrogens with one attached hydrogen (secondary N) is 1. The van der Waals surface area contributed by atoms with Crippen molar-refractivity contribution in [2.75, 3.05) is 32.8 Å². The predicted molar refractivity (Wildman–Crippen MR) is 104 cm³/mol. The maximum atomic E-state index is 13.0. The van der Waals surface area contributed by atoms with Crippen LogP contribution in [0.25, 0.3) is 0 Å². The van der Waals surface area contributed by atoms with Crippen LogP contribution in [0.2, 0.25) is 0 Å². The van der Waals surface area contributed by atoms with Gasteiger partial charge in [0.2, 0.25) is 5.88 Å². The van der Waals surface area contributed by atoms with E-state index in [9.17, 15) is 4.79 Å². The molecule has 0 saturated carbocycles. The molecule has 0 spiro atoms. The highest BCUT2D eigenvalue weighted by Gasteiger charge is 2.39. The quantitative estimate of drug-likeness (QED) is 0.603. The molecule has 1 N–H and O–H groups in total. The largest absolute Gasteiger partial charge is 0.475 e. The van der Waals surface area contributed by atoms with Gasteiger partial charge in [0.15, 0.2) is 0 Å². The highest BCUT2D eigenvalue weighted by molar-refractivity contribution is 5.97. The molecule has 0 aliphatic heterocycles. The monoisotopic (exact) mass is 366 g/mol. The fraction of sp³-hybridized carbons (Fsp3) is 0.700. The van der Waals surface area contributed by atoms with Gasteiger partial charge in [-0.2, -0.15) is 0 Å². The predicted octanol–water partition coefficient (Wildman–Crippen LogP) is 3.83. The lowest BCUT2D eigenvalue weighted by Crippen LogP contribution is -2.47. The molecule has 0 unspecified atom stereocenters. The maximum absolute atomic E-state index is 13.0. The molecular formula is C20H34N2O4. The minimum Gasteiger partial charge on any atom is -0.475 e. The van der Waals surface area contributed by atoms with Crippen LogP contribution < -0.4 is 10.1 Å². The first-order valence-corrected chi connectivity index (χ1v) is 9.19. The number of nitrogens with zero attached hydrogens (tertiary/aromatic N) is 1. The molecule has 0 radical (unpaired) electrons. The van der Waals surface area contributed by atoms with Crippen LogP contribution in [0, 0.1) is 18.8 Å². The summed E-state index contributed by atoms with van der Waals surface area (Å²) in [6.07, 6.45) is 2.94. The van der Waals surface area contributed by atoms with Crippen molar-refractivity contribution in [1.82, 2.24) is 4.98 Å². The maximum Gasteiger partial charge on any atom is 0.256 e. The van der Waals surface area contributed by atoms with Gasteiger partial charge in [-0.05, 0) is 37.7 Å². The summed E-state index contributed by atoms with van der Waals surface area (Å²) >= 11 is 0. The van der Waals surface area contributed by atoms with Gasteiger partial charge in [-0.25, -0.2) is 4.98 Å². The van der Waals surface area contributed by atoms with E-state index in [0.717, 1.165) is 5.56 Å². The van der Waals surface area contributed by atoms with Crippen molar-refractivity contribution in [3.63, 3.8) is 0 Å². The Morgan fingerprint density at radius 1 is 1.15 bits per heavy atom. The molecule has 0 bridgehead atoms. The molecule has 0 fully saturated rings. The van der Waals surface area contributed by atoms with Gasteiger partial charge in [0, 0.05) is 19.8 Å². The van der Waals surface area contributed by atoms with Gasteiger partial charge in [0.25, 0.3) is 5.91 Å². The fourth-order valence-corrected chi connectivity index (χ4v) is 3.10. The van der Waals surface area contributed by atoms with Crippen molar-refractivity contribution < 1.29 is 19.0 Å². The number of methoxy groups -OCH3 is 2. The Hall–Kier alpha value is -1.66. The summed E-state index contributed by atoms with van der Waals surface area (Å²) in [5.41, 5.74) is 0.652. The Labute approximate surface area is 157 Å². The minimum absolute atomic E-state index is 0.128. The number of carbonyl (C=O) groups excluding carboxylic acids is 1. The van der Waals surface area contributed by atoms with E-state index in [1.807, 2.05) is 13.0 Å². The summed E-state index contributed by atoms with van der Waals surface area (Å²) in [6, 6.07) is 1.86. The van der Waals surface area contributed by atoms with Crippen LogP contribution in [0.1, 0.15) is 46.1 Å². The number of aryl methyl sites for hydroxylation is 1. The number of ether oxygens (including phenoxy) is 3. The van der Waals surface area contributed by atoms with Crippen LogP contribution in [-0.4, -0.2) is 43.9 Å². The average Bonchev–Trinajstić information content (AvgIpc) is 2.55. The first-order chi connectivity index (χ1) is 12.2. The molecule has 148 valence electrons. The lowest BCUT2D eigenvalue weighted by molar-refractivity contribution is -0.142. The zero-order valence-corrected chi connectivity index (χ0v) is 17.2. The van der Waals surface area contributed by atoms with Crippen molar-refractivity contribution in [3.05, 3.63) is 17.8 Å². The highest BCUT2D eigenvalue weighted by Crippen LogP contribution is 2.30. The minimum atomic E-state index is -0.843. The summed E-state index contributed by atoms with van der Waals surface area (Å²) < 4.78 is 16.3. The van der Waals surface area contributed by atoms with E-state index in [-0.39, 0.29) is 5.91 Å². The smallest absolute Gasteiger partial charge is 0.256 e. The van der Waals surface area contributed by atoms with Crippen molar-refractivity contribution in [2.45, 2.75) is 53.1 Å². The lowest BCUT2D eigenvalue weighted by Gasteiger charge is -2.34. The molecule has 1 aromatic heterocycles. The number of rotatable bonds is 11. The number of aromatic nitrogens is 1.